The molecule has 0 aliphatic carbocycles. The van der Waals surface area contributed by atoms with Crippen LogP contribution in [0.15, 0.2) is 103 Å². The van der Waals surface area contributed by atoms with Gasteiger partial charge < -0.3 is 28.8 Å². The maximum atomic E-state index is 13.2. The minimum atomic E-state index is -0.221. The standard InChI is InChI=1S/C36H38N2O5/c1-40-20-19-37-36(39)22-31(28-15-18-34(35(21-28)42-3)43-25-27-9-5-4-6-10-27)32-24-38(33-12-8-7-11-30(32)33)23-26-13-16-29(41-2)17-14-26/h4-18,21,24,31H,19-20,22-23,25H2,1-3H3,(H,37,39). The van der Waals surface area contributed by atoms with Gasteiger partial charge >= 0.3 is 0 Å². The lowest BCUT2D eigenvalue weighted by Crippen LogP contribution is -2.28. The molecule has 1 atom stereocenters. The maximum Gasteiger partial charge on any atom is 0.221 e. The Kier molecular flexibility index (Phi) is 9.97. The zero-order valence-corrected chi connectivity index (χ0v) is 24.9. The second-order valence-corrected chi connectivity index (χ2v) is 10.4. The Balaban J connectivity index is 1.50. The van der Waals surface area contributed by atoms with Crippen LogP contribution in [0.5, 0.6) is 17.2 Å². The first-order valence-corrected chi connectivity index (χ1v) is 14.4. The van der Waals surface area contributed by atoms with Crippen LogP contribution < -0.4 is 19.5 Å². The SMILES string of the molecule is COCCNC(=O)CC(c1ccc(OCc2ccccc2)c(OC)c1)c1cn(Cc2ccc(OC)cc2)c2ccccc12. The van der Waals surface area contributed by atoms with Gasteiger partial charge in [0.05, 0.1) is 20.8 Å². The van der Waals surface area contributed by atoms with Gasteiger partial charge in [0.1, 0.15) is 12.4 Å². The van der Waals surface area contributed by atoms with Gasteiger partial charge in [-0.2, -0.15) is 0 Å². The Morgan fingerprint density at radius 3 is 2.33 bits per heavy atom. The number of carbonyl (C=O) groups is 1. The van der Waals surface area contributed by atoms with Crippen molar-refractivity contribution in [3.05, 3.63) is 126 Å². The summed E-state index contributed by atoms with van der Waals surface area (Å²) in [6, 6.07) is 32.4. The van der Waals surface area contributed by atoms with E-state index in [-0.39, 0.29) is 18.2 Å². The summed E-state index contributed by atoms with van der Waals surface area (Å²) in [4.78, 5) is 13.2. The Morgan fingerprint density at radius 2 is 1.58 bits per heavy atom. The van der Waals surface area contributed by atoms with Crippen LogP contribution >= 0.6 is 0 Å². The third-order valence-corrected chi connectivity index (χ3v) is 7.55. The average molecular weight is 579 g/mol. The van der Waals surface area contributed by atoms with Crippen molar-refractivity contribution >= 4 is 16.8 Å². The van der Waals surface area contributed by atoms with Gasteiger partial charge in [0.15, 0.2) is 11.5 Å². The number of benzene rings is 4. The number of hydrogen-bond donors (Lipinski definition) is 1. The Labute approximate surface area is 253 Å². The predicted molar refractivity (Wildman–Crippen MR) is 169 cm³/mol. The van der Waals surface area contributed by atoms with Crippen LogP contribution in [0.1, 0.15) is 34.6 Å². The number of ether oxygens (including phenoxy) is 4. The van der Waals surface area contributed by atoms with E-state index in [4.69, 9.17) is 18.9 Å². The van der Waals surface area contributed by atoms with Crippen molar-refractivity contribution < 1.29 is 23.7 Å². The van der Waals surface area contributed by atoms with Gasteiger partial charge in [-0.25, -0.2) is 0 Å². The second kappa shape index (κ2) is 14.4. The first-order chi connectivity index (χ1) is 21.1. The van der Waals surface area contributed by atoms with Crippen molar-refractivity contribution in [1.29, 1.82) is 0 Å². The summed E-state index contributed by atoms with van der Waals surface area (Å²) in [7, 11) is 4.94. The molecule has 0 spiro atoms. The molecular weight excluding hydrogens is 540 g/mol. The van der Waals surface area contributed by atoms with Crippen LogP contribution in [-0.4, -0.2) is 45.0 Å². The number of para-hydroxylation sites is 1. The molecule has 5 aromatic rings. The number of methoxy groups -OCH3 is 3. The number of aromatic nitrogens is 1. The highest BCUT2D eigenvalue weighted by Gasteiger charge is 2.24. The van der Waals surface area contributed by atoms with Crippen LogP contribution in [0.25, 0.3) is 10.9 Å². The van der Waals surface area contributed by atoms with E-state index in [9.17, 15) is 4.79 Å². The summed E-state index contributed by atoms with van der Waals surface area (Å²) < 4.78 is 24.6. The molecule has 7 nitrogen and oxygen atoms in total. The molecule has 1 amide bonds. The first-order valence-electron chi connectivity index (χ1n) is 14.4. The molecule has 4 aromatic carbocycles. The number of hydrogen-bond acceptors (Lipinski definition) is 5. The van der Waals surface area contributed by atoms with Crippen LogP contribution in [0.2, 0.25) is 0 Å². The number of fused-ring (bicyclic) bond motifs is 1. The third kappa shape index (κ3) is 7.37. The molecule has 0 bridgehead atoms. The number of carbonyl (C=O) groups excluding carboxylic acids is 1. The van der Waals surface area contributed by atoms with Crippen LogP contribution in [0.4, 0.5) is 0 Å². The van der Waals surface area contributed by atoms with Crippen molar-refractivity contribution in [1.82, 2.24) is 9.88 Å². The number of amides is 1. The number of nitrogens with zero attached hydrogens (tertiary/aromatic N) is 1. The van der Waals surface area contributed by atoms with Gasteiger partial charge in [-0.3, -0.25) is 4.79 Å². The monoisotopic (exact) mass is 578 g/mol. The molecule has 1 unspecified atom stereocenters. The first kappa shape index (κ1) is 29.7. The molecule has 0 saturated carbocycles. The normalized spacial score (nSPS) is 11.7. The fraction of sp³-hybridized carbons (Fsp3) is 0.250. The lowest BCUT2D eigenvalue weighted by Gasteiger charge is -2.19. The number of nitrogens with one attached hydrogen (secondary N) is 1. The largest absolute Gasteiger partial charge is 0.497 e. The van der Waals surface area contributed by atoms with E-state index in [0.29, 0.717) is 37.8 Å². The highest BCUT2D eigenvalue weighted by Crippen LogP contribution is 2.39. The topological polar surface area (TPSA) is 71.0 Å². The van der Waals surface area contributed by atoms with Crippen molar-refractivity contribution in [2.24, 2.45) is 0 Å². The van der Waals surface area contributed by atoms with Crippen molar-refractivity contribution in [2.45, 2.75) is 25.5 Å². The van der Waals surface area contributed by atoms with Crippen molar-refractivity contribution in [3.8, 4) is 17.2 Å². The Morgan fingerprint density at radius 1 is 0.814 bits per heavy atom. The van der Waals surface area contributed by atoms with E-state index in [2.05, 4.69) is 40.3 Å². The maximum absolute atomic E-state index is 13.2. The van der Waals surface area contributed by atoms with E-state index >= 15 is 0 Å². The third-order valence-electron chi connectivity index (χ3n) is 7.55. The van der Waals surface area contributed by atoms with Gasteiger partial charge in [0.2, 0.25) is 5.91 Å². The lowest BCUT2D eigenvalue weighted by atomic mass is 9.87. The summed E-state index contributed by atoms with van der Waals surface area (Å²) in [5.74, 6) is 1.84. The molecule has 0 aliphatic rings. The van der Waals surface area contributed by atoms with Crippen LogP contribution in [-0.2, 0) is 22.7 Å². The smallest absolute Gasteiger partial charge is 0.221 e. The molecule has 0 fully saturated rings. The van der Waals surface area contributed by atoms with Gasteiger partial charge in [-0.1, -0.05) is 66.7 Å². The molecule has 1 aromatic heterocycles. The Bertz CT molecular complexity index is 1630. The zero-order chi connectivity index (χ0) is 30.0. The molecule has 43 heavy (non-hydrogen) atoms. The highest BCUT2D eigenvalue weighted by atomic mass is 16.5. The molecular formula is C36H38N2O5. The van der Waals surface area contributed by atoms with E-state index in [1.807, 2.05) is 72.8 Å². The van der Waals surface area contributed by atoms with Gasteiger partial charge in [-0.05, 0) is 52.6 Å². The minimum absolute atomic E-state index is 0.0441. The summed E-state index contributed by atoms with van der Waals surface area (Å²) in [5, 5.41) is 4.10. The quantitative estimate of drug-likeness (QED) is 0.151. The second-order valence-electron chi connectivity index (χ2n) is 10.4. The van der Waals surface area contributed by atoms with E-state index in [0.717, 1.165) is 38.9 Å². The fourth-order valence-corrected chi connectivity index (χ4v) is 5.32. The summed E-state index contributed by atoms with van der Waals surface area (Å²) in [6.45, 7) is 2.03. The van der Waals surface area contributed by atoms with Crippen molar-refractivity contribution in [3.63, 3.8) is 0 Å². The molecule has 222 valence electrons. The summed E-state index contributed by atoms with van der Waals surface area (Å²) in [6.07, 6.45) is 2.45. The molecule has 1 N–H and O–H groups in total. The van der Waals surface area contributed by atoms with Crippen LogP contribution in [0.3, 0.4) is 0 Å². The molecule has 1 heterocycles. The Hall–Kier alpha value is -4.75. The molecule has 7 heteroatoms. The van der Waals surface area contributed by atoms with E-state index in [1.54, 1.807) is 21.3 Å². The lowest BCUT2D eigenvalue weighted by molar-refractivity contribution is -0.121. The summed E-state index contributed by atoms with van der Waals surface area (Å²) in [5.41, 5.74) is 5.38. The van der Waals surface area contributed by atoms with Gasteiger partial charge in [0.25, 0.3) is 0 Å². The molecule has 5 rings (SSSR count). The predicted octanol–water partition coefficient (Wildman–Crippen LogP) is 6.57. The highest BCUT2D eigenvalue weighted by molar-refractivity contribution is 5.87. The molecule has 0 saturated heterocycles. The van der Waals surface area contributed by atoms with Gasteiger partial charge in [-0.15, -0.1) is 0 Å². The average Bonchev–Trinajstić information content (AvgIpc) is 3.41. The van der Waals surface area contributed by atoms with Crippen molar-refractivity contribution in [2.75, 3.05) is 34.5 Å². The number of rotatable bonds is 14. The van der Waals surface area contributed by atoms with Gasteiger partial charge in [0, 0.05) is 49.6 Å². The van der Waals surface area contributed by atoms with E-state index < -0.39 is 0 Å². The molecule has 0 aliphatic heterocycles. The van der Waals surface area contributed by atoms with E-state index in [1.165, 1.54) is 0 Å². The zero-order valence-electron chi connectivity index (χ0n) is 24.9. The minimum Gasteiger partial charge on any atom is -0.497 e. The fourth-order valence-electron chi connectivity index (χ4n) is 5.32. The molecule has 0 radical (unpaired) electrons. The van der Waals surface area contributed by atoms with Crippen LogP contribution in [0, 0.1) is 0 Å². The summed E-state index contributed by atoms with van der Waals surface area (Å²) >= 11 is 0.